The number of ether oxygens (including phenoxy) is 3. The van der Waals surface area contributed by atoms with Crippen molar-refractivity contribution in [2.24, 2.45) is 0 Å². The molecule has 0 bridgehead atoms. The Morgan fingerprint density at radius 1 is 0.466 bits per heavy atom. The first kappa shape index (κ1) is 91.2. The maximum Gasteiger partial charge on any atom is 0.260 e. The normalized spacial score (nSPS) is 13.9. The van der Waals surface area contributed by atoms with Crippen LogP contribution in [0.15, 0.2) is 249 Å². The molecule has 12 rings (SSSR count). The molecule has 1 saturated carbocycles. The lowest BCUT2D eigenvalue weighted by Gasteiger charge is -2.38. The molecule has 2 fully saturated rings. The molecule has 1 aliphatic heterocycles. The summed E-state index contributed by atoms with van der Waals surface area (Å²) >= 11 is 0. The standard InChI is InChI=1S/C26H27O3P.C23H30N2O2.C21H24O4.C16H16O3.C13H16O2/c1-16-12-18(3)23(19(4)13-16)25(27)30(29,22-10-8-7-9-11-22)26(28)24-20(5)14-17(2)15-21(24)6;1-4-23(24(2)3,18-19-8-6-5-7-9-19)22(26)20-10-12-21(13-11-20)25-14-16-27-17-15-25;1-20(2,24)18(22)16-9-5-14(6-10-16)13-15-7-11-17(12-8-15)19(23)21(3,4)25;1-18-16(19-2,14-11-7-4-8-12-14)15(17)13-9-5-3-6-10-13;14-12(11-7-3-1-4-8-11)13(15)9-5-2-6-10-13/h7-15H,1-6H3;5-13H,4,14-18H2,1-3H3;5-12,24-25H,13H2,1-4H3;3-12H,1-2H3;1,3-4,7-8,15H,2,5-6,9-10H2. The lowest BCUT2D eigenvalue weighted by molar-refractivity contribution is -0.176. The number of aliphatic hydroxyl groups is 3. The van der Waals surface area contributed by atoms with E-state index in [2.05, 4.69) is 41.0 Å². The van der Waals surface area contributed by atoms with Crippen LogP contribution in [0.1, 0.15) is 201 Å². The number of ketones is 5. The Morgan fingerprint density at radius 3 is 1.22 bits per heavy atom. The number of likely N-dealkylation sites (N-methyl/N-ethyl adjacent to an activating group) is 1. The van der Waals surface area contributed by atoms with E-state index in [4.69, 9.17) is 14.2 Å². The molecule has 0 spiro atoms. The molecule has 16 nitrogen and oxygen atoms in total. The van der Waals surface area contributed by atoms with Crippen LogP contribution in [0.5, 0.6) is 0 Å². The fraction of sp³-hybridized carbons (Fsp3) is 0.323. The van der Waals surface area contributed by atoms with E-state index in [-0.39, 0.29) is 34.2 Å². The van der Waals surface area contributed by atoms with Gasteiger partial charge in [-0.05, 0) is 179 Å². The Kier molecular flexibility index (Phi) is 32.2. The van der Waals surface area contributed by atoms with Gasteiger partial charge in [-0.15, -0.1) is 0 Å². The van der Waals surface area contributed by atoms with Gasteiger partial charge in [-0.1, -0.05) is 262 Å². The van der Waals surface area contributed by atoms with Crippen LogP contribution in [0.4, 0.5) is 5.69 Å². The Morgan fingerprint density at radius 2 is 0.828 bits per heavy atom. The van der Waals surface area contributed by atoms with Crippen LogP contribution in [0, 0.1) is 41.5 Å². The average Bonchev–Trinajstić information content (AvgIpc) is 0.743. The third-order valence-corrected chi connectivity index (χ3v) is 24.0. The largest absolute Gasteiger partial charge is 0.382 e. The van der Waals surface area contributed by atoms with Gasteiger partial charge in [0.2, 0.25) is 24.0 Å². The third-order valence-electron chi connectivity index (χ3n) is 21.3. The maximum atomic E-state index is 14.5. The number of methoxy groups -OCH3 is 2. The molecule has 1 aliphatic carbocycles. The van der Waals surface area contributed by atoms with Crippen molar-refractivity contribution in [1.29, 1.82) is 0 Å². The summed E-state index contributed by atoms with van der Waals surface area (Å²) in [7, 11) is 2.84. The minimum Gasteiger partial charge on any atom is -0.382 e. The van der Waals surface area contributed by atoms with Crippen molar-refractivity contribution < 1.29 is 67.7 Å². The molecule has 1 heterocycles. The van der Waals surface area contributed by atoms with E-state index in [0.717, 1.165) is 108 Å². The number of carbonyl (C=O) groups is 7. The van der Waals surface area contributed by atoms with E-state index in [0.29, 0.717) is 64.6 Å². The number of hydrogen-bond donors (Lipinski definition) is 3. The first-order valence-corrected chi connectivity index (χ1v) is 41.2. The molecule has 608 valence electrons. The van der Waals surface area contributed by atoms with E-state index < -0.39 is 46.3 Å². The quantitative estimate of drug-likeness (QED) is 0.0274. The Hall–Kier alpha value is -10.4. The summed E-state index contributed by atoms with van der Waals surface area (Å²) in [6, 6.07) is 75.9. The van der Waals surface area contributed by atoms with Crippen molar-refractivity contribution in [3.63, 3.8) is 0 Å². The number of hydrogen-bond acceptors (Lipinski definition) is 16. The van der Waals surface area contributed by atoms with Gasteiger partial charge in [-0.2, -0.15) is 0 Å². The molecule has 1 unspecified atom stereocenters. The predicted molar refractivity (Wildman–Crippen MR) is 463 cm³/mol. The number of Topliss-reactive ketones (excluding diaryl/α,β-unsaturated/α-hetero) is 5. The van der Waals surface area contributed by atoms with Crippen molar-refractivity contribution in [2.75, 3.05) is 59.5 Å². The highest BCUT2D eigenvalue weighted by Gasteiger charge is 2.46. The van der Waals surface area contributed by atoms with Gasteiger partial charge >= 0.3 is 0 Å². The minimum absolute atomic E-state index is 0.109. The Labute approximate surface area is 685 Å². The van der Waals surface area contributed by atoms with Crippen LogP contribution < -0.4 is 10.2 Å². The smallest absolute Gasteiger partial charge is 0.260 e. The molecule has 3 N–H and O–H groups in total. The highest BCUT2D eigenvalue weighted by Crippen LogP contribution is 2.53. The van der Waals surface area contributed by atoms with Crippen LogP contribution in [0.2, 0.25) is 0 Å². The zero-order valence-corrected chi connectivity index (χ0v) is 70.7. The van der Waals surface area contributed by atoms with Crippen molar-refractivity contribution in [3.05, 3.63) is 343 Å². The van der Waals surface area contributed by atoms with E-state index in [1.54, 1.807) is 78.9 Å². The number of aryl methyl sites for hydroxylation is 6. The fourth-order valence-corrected chi connectivity index (χ4v) is 17.6. The first-order chi connectivity index (χ1) is 55.1. The Bertz CT molecular complexity index is 4820. The highest BCUT2D eigenvalue weighted by atomic mass is 31.2. The molecule has 1 saturated heterocycles. The predicted octanol–water partition coefficient (Wildman–Crippen LogP) is 18.6. The van der Waals surface area contributed by atoms with E-state index in [9.17, 15) is 53.4 Å². The van der Waals surface area contributed by atoms with Gasteiger partial charge in [0, 0.05) is 82.8 Å². The van der Waals surface area contributed by atoms with Gasteiger partial charge < -0.3 is 39.0 Å². The molecule has 0 amide bonds. The second kappa shape index (κ2) is 41.0. The fourth-order valence-electron chi connectivity index (χ4n) is 15.0. The Balaban J connectivity index is 0.000000184. The van der Waals surface area contributed by atoms with Crippen LogP contribution in [-0.4, -0.2) is 137 Å². The molecule has 0 radical (unpaired) electrons. The molecule has 2 aliphatic rings. The van der Waals surface area contributed by atoms with Gasteiger partial charge in [0.25, 0.3) is 5.79 Å². The SMILES string of the molecule is CC(C)(O)C(=O)c1ccc(Cc2ccc(C(=O)C(C)(C)O)cc2)cc1.CCC(Cc1ccccc1)(C(=O)c1ccc(N2CCOCC2)cc1)N(C)C.COC(OC)(C(=O)c1ccccc1)c1ccccc1.Cc1cc(C)c(C(=O)P(=O)(C(=O)c2c(C)cc(C)cc2C)c2ccccc2)c(C)c1.O=C(c1ccccc1)C1(O)CCCCC1. The lowest BCUT2D eigenvalue weighted by Crippen LogP contribution is -2.52. The number of rotatable bonds is 25. The molecule has 116 heavy (non-hydrogen) atoms. The van der Waals surface area contributed by atoms with Crippen LogP contribution in [0.3, 0.4) is 0 Å². The van der Waals surface area contributed by atoms with Gasteiger partial charge in [0.05, 0.1) is 18.8 Å². The van der Waals surface area contributed by atoms with Crippen molar-refractivity contribution >= 4 is 58.1 Å². The van der Waals surface area contributed by atoms with E-state index >= 15 is 0 Å². The molecular weight excluding hydrogens is 1470 g/mol. The summed E-state index contributed by atoms with van der Waals surface area (Å²) in [5.41, 5.74) is 8.12. The van der Waals surface area contributed by atoms with Gasteiger partial charge in [0.15, 0.2) is 23.1 Å². The monoisotopic (exact) mass is 1580 g/mol. The van der Waals surface area contributed by atoms with Crippen molar-refractivity contribution in [3.8, 4) is 0 Å². The van der Waals surface area contributed by atoms with Crippen molar-refractivity contribution in [1.82, 2.24) is 4.90 Å². The van der Waals surface area contributed by atoms with Gasteiger partial charge in [-0.3, -0.25) is 38.5 Å². The van der Waals surface area contributed by atoms with Gasteiger partial charge in [0.1, 0.15) is 16.8 Å². The summed E-state index contributed by atoms with van der Waals surface area (Å²) < 4.78 is 30.8. The van der Waals surface area contributed by atoms with E-state index in [1.165, 1.54) is 47.5 Å². The zero-order valence-electron chi connectivity index (χ0n) is 69.8. The molecular formula is C99H113N2O14P. The number of benzene rings is 10. The van der Waals surface area contributed by atoms with Crippen LogP contribution in [-0.2, 0) is 37.4 Å². The summed E-state index contributed by atoms with van der Waals surface area (Å²) in [5.74, 6) is -2.16. The minimum atomic E-state index is -4.11. The molecule has 17 heteroatoms. The summed E-state index contributed by atoms with van der Waals surface area (Å²) in [6.07, 6.45) is 6.39. The number of carbonyl (C=O) groups excluding carboxylic acids is 7. The zero-order chi connectivity index (χ0) is 84.8. The number of nitrogens with zero attached hydrogens (tertiary/aromatic N) is 2. The summed E-state index contributed by atoms with van der Waals surface area (Å²) in [4.78, 5) is 94.4. The van der Waals surface area contributed by atoms with Crippen molar-refractivity contribution in [2.45, 2.75) is 156 Å². The molecule has 0 aromatic heterocycles. The second-order valence-electron chi connectivity index (χ2n) is 31.2. The second-order valence-corrected chi connectivity index (χ2v) is 33.8. The topological polar surface area (TPSA) is 231 Å². The highest BCUT2D eigenvalue weighted by molar-refractivity contribution is 8.01. The van der Waals surface area contributed by atoms with E-state index in [1.807, 2.05) is 201 Å². The molecule has 10 aromatic carbocycles. The lowest BCUT2D eigenvalue weighted by atomic mass is 9.79. The summed E-state index contributed by atoms with van der Waals surface area (Å²) in [6.45, 7) is 22.5. The maximum absolute atomic E-state index is 14.5. The number of anilines is 1. The third kappa shape index (κ3) is 22.6. The first-order valence-electron chi connectivity index (χ1n) is 39.5. The van der Waals surface area contributed by atoms with Crippen LogP contribution in [0.25, 0.3) is 0 Å². The summed E-state index contributed by atoms with van der Waals surface area (Å²) in [5, 5.41) is 30.1. The molecule has 1 atom stereocenters. The number of morpholine rings is 1. The molecule has 10 aromatic rings. The average molecular weight is 1590 g/mol. The van der Waals surface area contributed by atoms with Gasteiger partial charge in [-0.25, -0.2) is 0 Å². The van der Waals surface area contributed by atoms with Crippen LogP contribution >= 0.6 is 7.14 Å².